The van der Waals surface area contributed by atoms with E-state index < -0.39 is 0 Å². The Kier molecular flexibility index (Phi) is 1.65. The molecule has 58 valence electrons. The van der Waals surface area contributed by atoms with Crippen LogP contribution in [0.25, 0.3) is 0 Å². The SMILES string of the molecule is CC(C)(C)c1[nH]nnc1C#N. The number of aromatic amines is 1. The van der Waals surface area contributed by atoms with Crippen LogP contribution in [0.5, 0.6) is 0 Å². The maximum atomic E-state index is 8.60. The molecular formula is C7H10N4. The Morgan fingerprint density at radius 1 is 1.45 bits per heavy atom. The second kappa shape index (κ2) is 2.35. The van der Waals surface area contributed by atoms with Gasteiger partial charge in [-0.25, -0.2) is 0 Å². The van der Waals surface area contributed by atoms with Crippen LogP contribution in [-0.2, 0) is 5.41 Å². The first-order valence-corrected chi connectivity index (χ1v) is 3.37. The molecule has 0 atom stereocenters. The predicted octanol–water partition coefficient (Wildman–Crippen LogP) is 0.974. The van der Waals surface area contributed by atoms with Crippen LogP contribution in [0.1, 0.15) is 32.2 Å². The molecule has 1 N–H and O–H groups in total. The monoisotopic (exact) mass is 150 g/mol. The fourth-order valence-electron chi connectivity index (χ4n) is 0.829. The van der Waals surface area contributed by atoms with Gasteiger partial charge in [0.25, 0.3) is 0 Å². The molecule has 0 aliphatic rings. The van der Waals surface area contributed by atoms with E-state index in [-0.39, 0.29) is 5.41 Å². The number of aromatic nitrogens is 3. The number of hydrogen-bond acceptors (Lipinski definition) is 3. The quantitative estimate of drug-likeness (QED) is 0.599. The topological polar surface area (TPSA) is 65.4 Å². The lowest BCUT2D eigenvalue weighted by atomic mass is 9.91. The van der Waals surface area contributed by atoms with Gasteiger partial charge in [-0.3, -0.25) is 5.10 Å². The Bertz CT molecular complexity index is 286. The Labute approximate surface area is 65.2 Å². The lowest BCUT2D eigenvalue weighted by Gasteiger charge is -2.14. The summed E-state index contributed by atoms with van der Waals surface area (Å²) >= 11 is 0. The summed E-state index contributed by atoms with van der Waals surface area (Å²) in [5.41, 5.74) is 1.09. The van der Waals surface area contributed by atoms with Crippen molar-refractivity contribution in [3.05, 3.63) is 11.4 Å². The molecule has 0 saturated carbocycles. The largest absolute Gasteiger partial charge is 0.260 e. The van der Waals surface area contributed by atoms with Gasteiger partial charge >= 0.3 is 0 Å². The van der Waals surface area contributed by atoms with Crippen molar-refractivity contribution < 1.29 is 0 Å². The van der Waals surface area contributed by atoms with Crippen molar-refractivity contribution in [3.63, 3.8) is 0 Å². The van der Waals surface area contributed by atoms with Gasteiger partial charge in [0.2, 0.25) is 0 Å². The van der Waals surface area contributed by atoms with E-state index in [2.05, 4.69) is 15.4 Å². The smallest absolute Gasteiger partial charge is 0.186 e. The minimum Gasteiger partial charge on any atom is -0.260 e. The van der Waals surface area contributed by atoms with Gasteiger partial charge in [-0.15, -0.1) is 5.10 Å². The molecule has 0 radical (unpaired) electrons. The summed E-state index contributed by atoms with van der Waals surface area (Å²) in [5, 5.41) is 18.5. The maximum Gasteiger partial charge on any atom is 0.186 e. The summed E-state index contributed by atoms with van der Waals surface area (Å²) in [6.07, 6.45) is 0. The van der Waals surface area contributed by atoms with Crippen LogP contribution >= 0.6 is 0 Å². The summed E-state index contributed by atoms with van der Waals surface area (Å²) in [4.78, 5) is 0. The van der Waals surface area contributed by atoms with E-state index >= 15 is 0 Å². The Balaban J connectivity index is 3.15. The maximum absolute atomic E-state index is 8.60. The third kappa shape index (κ3) is 1.37. The molecule has 1 heterocycles. The molecule has 11 heavy (non-hydrogen) atoms. The molecule has 0 unspecified atom stereocenters. The summed E-state index contributed by atoms with van der Waals surface area (Å²) < 4.78 is 0. The van der Waals surface area contributed by atoms with Gasteiger partial charge in [0.1, 0.15) is 6.07 Å². The summed E-state index contributed by atoms with van der Waals surface area (Å²) in [5.74, 6) is 0. The first-order valence-electron chi connectivity index (χ1n) is 3.37. The van der Waals surface area contributed by atoms with Crippen LogP contribution in [-0.4, -0.2) is 15.4 Å². The minimum absolute atomic E-state index is 0.0887. The third-order valence-corrected chi connectivity index (χ3v) is 1.40. The lowest BCUT2D eigenvalue weighted by Crippen LogP contribution is -2.13. The van der Waals surface area contributed by atoms with Crippen LogP contribution in [0.4, 0.5) is 0 Å². The van der Waals surface area contributed by atoms with Crippen LogP contribution < -0.4 is 0 Å². The molecule has 0 amide bonds. The molecule has 1 aromatic rings. The highest BCUT2D eigenvalue weighted by atomic mass is 15.3. The van der Waals surface area contributed by atoms with Crippen LogP contribution in [0.3, 0.4) is 0 Å². The van der Waals surface area contributed by atoms with Gasteiger partial charge in [0, 0.05) is 5.41 Å². The molecule has 1 rings (SSSR count). The van der Waals surface area contributed by atoms with Crippen molar-refractivity contribution in [3.8, 4) is 6.07 Å². The van der Waals surface area contributed by atoms with Crippen molar-refractivity contribution >= 4 is 0 Å². The van der Waals surface area contributed by atoms with E-state index in [0.717, 1.165) is 5.69 Å². The molecule has 4 nitrogen and oxygen atoms in total. The molecule has 1 aromatic heterocycles. The first-order chi connectivity index (χ1) is 5.05. The predicted molar refractivity (Wildman–Crippen MR) is 39.8 cm³/mol. The molecule has 4 heteroatoms. The van der Waals surface area contributed by atoms with E-state index in [1.165, 1.54) is 0 Å². The van der Waals surface area contributed by atoms with Crippen molar-refractivity contribution in [1.82, 2.24) is 15.4 Å². The van der Waals surface area contributed by atoms with Crippen LogP contribution in [0, 0.1) is 11.3 Å². The second-order valence-corrected chi connectivity index (χ2v) is 3.40. The minimum atomic E-state index is -0.0887. The number of nitrogens with zero attached hydrogens (tertiary/aromatic N) is 3. The Hall–Kier alpha value is -1.37. The number of rotatable bonds is 0. The average molecular weight is 150 g/mol. The summed E-state index contributed by atoms with van der Waals surface area (Å²) in [6, 6.07) is 1.98. The molecular weight excluding hydrogens is 140 g/mol. The molecule has 0 fully saturated rings. The summed E-state index contributed by atoms with van der Waals surface area (Å²) in [7, 11) is 0. The number of nitrogens with one attached hydrogen (secondary N) is 1. The first kappa shape index (κ1) is 7.73. The zero-order valence-corrected chi connectivity index (χ0v) is 6.84. The molecule has 0 spiro atoms. The zero-order valence-electron chi connectivity index (χ0n) is 6.84. The fourth-order valence-corrected chi connectivity index (χ4v) is 0.829. The van der Waals surface area contributed by atoms with Crippen LogP contribution in [0.2, 0.25) is 0 Å². The second-order valence-electron chi connectivity index (χ2n) is 3.40. The number of nitriles is 1. The number of hydrogen-bond donors (Lipinski definition) is 1. The van der Waals surface area contributed by atoms with E-state index in [9.17, 15) is 0 Å². The van der Waals surface area contributed by atoms with Gasteiger partial charge in [0.05, 0.1) is 5.69 Å². The standard InChI is InChI=1S/C7H10N4/c1-7(2,3)6-5(4-8)9-11-10-6/h1-3H3,(H,9,10,11). The van der Waals surface area contributed by atoms with E-state index in [4.69, 9.17) is 5.26 Å². The Morgan fingerprint density at radius 3 is 2.45 bits per heavy atom. The molecule has 0 saturated heterocycles. The van der Waals surface area contributed by atoms with Crippen LogP contribution in [0.15, 0.2) is 0 Å². The van der Waals surface area contributed by atoms with Crippen molar-refractivity contribution in [2.75, 3.05) is 0 Å². The van der Waals surface area contributed by atoms with E-state index in [0.29, 0.717) is 5.69 Å². The number of H-pyrrole nitrogens is 1. The van der Waals surface area contributed by atoms with Gasteiger partial charge in [0.15, 0.2) is 5.69 Å². The van der Waals surface area contributed by atoms with Gasteiger partial charge in [-0.2, -0.15) is 5.26 Å². The average Bonchev–Trinajstić information content (AvgIpc) is 2.31. The lowest BCUT2D eigenvalue weighted by molar-refractivity contribution is 0.565. The van der Waals surface area contributed by atoms with Crippen molar-refractivity contribution in [2.24, 2.45) is 0 Å². The highest BCUT2D eigenvalue weighted by Gasteiger charge is 2.20. The fraction of sp³-hybridized carbons (Fsp3) is 0.571. The normalized spacial score (nSPS) is 11.1. The van der Waals surface area contributed by atoms with E-state index in [1.54, 1.807) is 0 Å². The highest BCUT2D eigenvalue weighted by molar-refractivity contribution is 5.28. The molecule has 0 aliphatic heterocycles. The van der Waals surface area contributed by atoms with Gasteiger partial charge in [-0.05, 0) is 0 Å². The zero-order chi connectivity index (χ0) is 8.48. The molecule has 0 bridgehead atoms. The molecule has 0 aliphatic carbocycles. The van der Waals surface area contributed by atoms with E-state index in [1.807, 2.05) is 26.8 Å². The van der Waals surface area contributed by atoms with Gasteiger partial charge in [-0.1, -0.05) is 26.0 Å². The molecule has 0 aromatic carbocycles. The van der Waals surface area contributed by atoms with Crippen molar-refractivity contribution in [2.45, 2.75) is 26.2 Å². The Morgan fingerprint density at radius 2 is 2.09 bits per heavy atom. The highest BCUT2D eigenvalue weighted by Crippen LogP contribution is 2.20. The van der Waals surface area contributed by atoms with Crippen molar-refractivity contribution in [1.29, 1.82) is 5.26 Å². The summed E-state index contributed by atoms with van der Waals surface area (Å²) in [6.45, 7) is 6.01. The third-order valence-electron chi connectivity index (χ3n) is 1.40. The van der Waals surface area contributed by atoms with Gasteiger partial charge < -0.3 is 0 Å².